The van der Waals surface area contributed by atoms with Crippen molar-refractivity contribution in [3.8, 4) is 6.07 Å². The van der Waals surface area contributed by atoms with Crippen molar-refractivity contribution < 1.29 is 0 Å². The Balaban J connectivity index is 0.00000100. The third-order valence-corrected chi connectivity index (χ3v) is 5.03. The predicted octanol–water partition coefficient (Wildman–Crippen LogP) is 5.10. The number of aryl methyl sites for hydroxylation is 3. The second kappa shape index (κ2) is 7.85. The van der Waals surface area contributed by atoms with Gasteiger partial charge in [0.2, 0.25) is 0 Å². The van der Waals surface area contributed by atoms with E-state index in [9.17, 15) is 5.26 Å². The van der Waals surface area contributed by atoms with Crippen LogP contribution >= 0.6 is 0 Å². The first-order valence-electron chi connectivity index (χ1n) is 9.27. The molecule has 0 aromatic heterocycles. The summed E-state index contributed by atoms with van der Waals surface area (Å²) in [6.45, 7) is 10.5. The number of rotatable bonds is 1. The fraction of sp³-hybridized carbons (Fsp3) is 0.571. The third-order valence-electron chi connectivity index (χ3n) is 5.03. The molecule has 0 amide bonds. The number of anilines is 1. The molecule has 1 aliphatic carbocycles. The summed E-state index contributed by atoms with van der Waals surface area (Å²) in [7, 11) is 0. The first-order chi connectivity index (χ1) is 11.5. The Bertz CT molecular complexity index is 643. The lowest BCUT2D eigenvalue weighted by atomic mass is 9.81. The van der Waals surface area contributed by atoms with E-state index >= 15 is 0 Å². The fourth-order valence-electron chi connectivity index (χ4n) is 4.24. The molecule has 130 valence electrons. The number of nitrogens with zero attached hydrogens (tertiary/aromatic N) is 2. The van der Waals surface area contributed by atoms with Gasteiger partial charge >= 0.3 is 0 Å². The molecule has 2 atom stereocenters. The molecule has 2 unspecified atom stereocenters. The van der Waals surface area contributed by atoms with Crippen LogP contribution in [0.25, 0.3) is 0 Å². The first-order valence-corrected chi connectivity index (χ1v) is 9.27. The van der Waals surface area contributed by atoms with E-state index in [4.69, 9.17) is 5.73 Å². The molecule has 0 spiro atoms. The minimum absolute atomic E-state index is 0.00705. The number of hydrogen-bond acceptors (Lipinski definition) is 3. The number of allylic oxidation sites excluding steroid dienone is 2. The van der Waals surface area contributed by atoms with Gasteiger partial charge in [-0.1, -0.05) is 31.5 Å². The van der Waals surface area contributed by atoms with E-state index in [1.807, 2.05) is 13.8 Å². The molecule has 24 heavy (non-hydrogen) atoms. The second-order valence-corrected chi connectivity index (χ2v) is 6.78. The summed E-state index contributed by atoms with van der Waals surface area (Å²) >= 11 is 0. The Morgan fingerprint density at radius 2 is 1.67 bits per heavy atom. The van der Waals surface area contributed by atoms with Gasteiger partial charge < -0.3 is 10.6 Å². The fourth-order valence-corrected chi connectivity index (χ4v) is 4.24. The molecule has 1 aromatic carbocycles. The summed E-state index contributed by atoms with van der Waals surface area (Å²) in [5, 5.41) is 9.49. The monoisotopic (exact) mass is 325 g/mol. The zero-order valence-corrected chi connectivity index (χ0v) is 15.8. The molecular weight excluding hydrogens is 294 g/mol. The van der Waals surface area contributed by atoms with E-state index in [-0.39, 0.29) is 12.1 Å². The van der Waals surface area contributed by atoms with Crippen molar-refractivity contribution in [1.29, 1.82) is 5.26 Å². The van der Waals surface area contributed by atoms with Gasteiger partial charge in [0.25, 0.3) is 0 Å². The largest absolute Gasteiger partial charge is 0.329 e. The third kappa shape index (κ3) is 3.35. The van der Waals surface area contributed by atoms with Crippen molar-refractivity contribution in [3.63, 3.8) is 0 Å². The van der Waals surface area contributed by atoms with Gasteiger partial charge in [-0.15, -0.1) is 0 Å². The van der Waals surface area contributed by atoms with Crippen molar-refractivity contribution in [2.75, 3.05) is 4.90 Å². The molecule has 3 heteroatoms. The van der Waals surface area contributed by atoms with Crippen LogP contribution in [0.5, 0.6) is 0 Å². The van der Waals surface area contributed by atoms with E-state index in [0.717, 1.165) is 19.3 Å². The average molecular weight is 326 g/mol. The second-order valence-electron chi connectivity index (χ2n) is 6.78. The normalized spacial score (nSPS) is 23.1. The molecule has 0 fully saturated rings. The Kier molecular flexibility index (Phi) is 6.07. The van der Waals surface area contributed by atoms with Gasteiger partial charge in [-0.25, -0.2) is 0 Å². The highest BCUT2D eigenvalue weighted by molar-refractivity contribution is 5.65. The number of hydrogen-bond donors (Lipinski definition) is 1. The molecule has 0 saturated heterocycles. The summed E-state index contributed by atoms with van der Waals surface area (Å²) in [5.74, 6) is 0.00705. The molecule has 0 radical (unpaired) electrons. The van der Waals surface area contributed by atoms with Crippen molar-refractivity contribution >= 4 is 5.69 Å². The standard InChI is InChI=1S/C19H25N3.C2H6/c1-12-8-13(2)19(14(3)9-12)22-17-7-5-4-6-16(17)15(11-20)10-18(22)21;1-2/h8-9,15,18H,4-7,10,21H2,1-3H3;1-2H3. The highest BCUT2D eigenvalue weighted by atomic mass is 15.2. The quantitative estimate of drug-likeness (QED) is 0.781. The number of benzene rings is 1. The lowest BCUT2D eigenvalue weighted by Gasteiger charge is -2.43. The zero-order valence-electron chi connectivity index (χ0n) is 15.8. The summed E-state index contributed by atoms with van der Waals surface area (Å²) in [6.07, 6.45) is 5.15. The van der Waals surface area contributed by atoms with Gasteiger partial charge in [0, 0.05) is 17.8 Å². The van der Waals surface area contributed by atoms with Crippen molar-refractivity contribution in [2.45, 2.75) is 72.9 Å². The molecule has 2 N–H and O–H groups in total. The predicted molar refractivity (Wildman–Crippen MR) is 102 cm³/mol. The van der Waals surface area contributed by atoms with Crippen molar-refractivity contribution in [2.24, 2.45) is 11.7 Å². The van der Waals surface area contributed by atoms with E-state index in [1.54, 1.807) is 0 Å². The van der Waals surface area contributed by atoms with Gasteiger partial charge in [-0.05, 0) is 63.2 Å². The first kappa shape index (κ1) is 18.5. The van der Waals surface area contributed by atoms with Gasteiger partial charge in [-0.3, -0.25) is 0 Å². The maximum absolute atomic E-state index is 9.49. The Labute approximate surface area is 147 Å². The van der Waals surface area contributed by atoms with E-state index in [1.165, 1.54) is 46.5 Å². The molecule has 1 aliphatic heterocycles. The minimum Gasteiger partial charge on any atom is -0.329 e. The molecule has 0 bridgehead atoms. The summed E-state index contributed by atoms with van der Waals surface area (Å²) in [5.41, 5.74) is 14.3. The zero-order chi connectivity index (χ0) is 17.9. The summed E-state index contributed by atoms with van der Waals surface area (Å²) in [6, 6.07) is 6.94. The summed E-state index contributed by atoms with van der Waals surface area (Å²) < 4.78 is 0. The Hall–Kier alpha value is -1.79. The van der Waals surface area contributed by atoms with Crippen LogP contribution in [0.3, 0.4) is 0 Å². The van der Waals surface area contributed by atoms with Crippen LogP contribution in [0.2, 0.25) is 0 Å². The maximum atomic E-state index is 9.49. The Morgan fingerprint density at radius 3 is 2.25 bits per heavy atom. The topological polar surface area (TPSA) is 53.0 Å². The maximum Gasteiger partial charge on any atom is 0.0833 e. The van der Waals surface area contributed by atoms with E-state index < -0.39 is 0 Å². The number of nitrogens with two attached hydrogens (primary N) is 1. The molecule has 1 heterocycles. The van der Waals surface area contributed by atoms with Crippen LogP contribution in [-0.2, 0) is 0 Å². The smallest absolute Gasteiger partial charge is 0.0833 e. The summed E-state index contributed by atoms with van der Waals surface area (Å²) in [4.78, 5) is 2.34. The highest BCUT2D eigenvalue weighted by Crippen LogP contribution is 2.43. The SMILES string of the molecule is CC.Cc1cc(C)c(N2C3=C(CCCC3)C(C#N)CC2N)c(C)c1. The lowest BCUT2D eigenvalue weighted by molar-refractivity contribution is 0.456. The van der Waals surface area contributed by atoms with E-state index in [0.29, 0.717) is 0 Å². The Morgan fingerprint density at radius 1 is 1.08 bits per heavy atom. The minimum atomic E-state index is -0.0957. The average Bonchev–Trinajstić information content (AvgIpc) is 2.57. The highest BCUT2D eigenvalue weighted by Gasteiger charge is 2.35. The molecule has 0 saturated carbocycles. The van der Waals surface area contributed by atoms with Gasteiger partial charge in [-0.2, -0.15) is 5.26 Å². The van der Waals surface area contributed by atoms with Crippen LogP contribution < -0.4 is 10.6 Å². The van der Waals surface area contributed by atoms with Crippen LogP contribution in [0, 0.1) is 38.0 Å². The molecule has 2 aliphatic rings. The van der Waals surface area contributed by atoms with Crippen LogP contribution in [0.1, 0.15) is 62.6 Å². The lowest BCUT2D eigenvalue weighted by Crippen LogP contribution is -2.48. The van der Waals surface area contributed by atoms with Gasteiger partial charge in [0.05, 0.1) is 18.2 Å². The van der Waals surface area contributed by atoms with Crippen LogP contribution in [0.4, 0.5) is 5.69 Å². The molecule has 1 aromatic rings. The van der Waals surface area contributed by atoms with Crippen molar-refractivity contribution in [3.05, 3.63) is 40.1 Å². The van der Waals surface area contributed by atoms with Gasteiger partial charge in [0.1, 0.15) is 0 Å². The van der Waals surface area contributed by atoms with E-state index in [2.05, 4.69) is 43.9 Å². The molecule has 3 rings (SSSR count). The number of nitriles is 1. The van der Waals surface area contributed by atoms with Crippen LogP contribution in [0.15, 0.2) is 23.4 Å². The van der Waals surface area contributed by atoms with Crippen molar-refractivity contribution in [1.82, 2.24) is 0 Å². The molecular formula is C21H31N3. The molecule has 3 nitrogen and oxygen atoms in total. The van der Waals surface area contributed by atoms with Crippen LogP contribution in [-0.4, -0.2) is 6.17 Å². The van der Waals surface area contributed by atoms with Gasteiger partial charge in [0.15, 0.2) is 0 Å².